The molecule has 4 rings (SSSR count). The topological polar surface area (TPSA) is 47.9 Å². The first-order valence-corrected chi connectivity index (χ1v) is 11.0. The van der Waals surface area contributed by atoms with Crippen LogP contribution in [0.3, 0.4) is 0 Å². The summed E-state index contributed by atoms with van der Waals surface area (Å²) in [5, 5.41) is 11.1. The van der Waals surface area contributed by atoms with Gasteiger partial charge in [-0.3, -0.25) is 0 Å². The van der Waals surface area contributed by atoms with E-state index < -0.39 is 18.3 Å². The lowest BCUT2D eigenvalue weighted by Gasteiger charge is -2.39. The molecule has 0 saturated carbocycles. The highest BCUT2D eigenvalue weighted by atomic mass is 32.2. The van der Waals surface area contributed by atoms with Crippen molar-refractivity contribution in [1.29, 1.82) is 0 Å². The first-order valence-electron chi connectivity index (χ1n) is 10.1. The van der Waals surface area contributed by atoms with Gasteiger partial charge in [0.15, 0.2) is 0 Å². The van der Waals surface area contributed by atoms with Crippen molar-refractivity contribution in [2.75, 3.05) is 6.61 Å². The van der Waals surface area contributed by atoms with Gasteiger partial charge < -0.3 is 19.3 Å². The van der Waals surface area contributed by atoms with Gasteiger partial charge in [0.2, 0.25) is 0 Å². The third-order valence-corrected chi connectivity index (χ3v) is 6.18. The summed E-state index contributed by atoms with van der Waals surface area (Å²) < 4.78 is 18.3. The van der Waals surface area contributed by atoms with E-state index in [1.54, 1.807) is 11.8 Å². The Morgan fingerprint density at radius 2 is 1.30 bits per heavy atom. The fourth-order valence-electron chi connectivity index (χ4n) is 3.36. The average Bonchev–Trinajstić information content (AvgIpc) is 2.80. The average molecular weight is 423 g/mol. The van der Waals surface area contributed by atoms with E-state index in [9.17, 15) is 5.11 Å². The van der Waals surface area contributed by atoms with Crippen molar-refractivity contribution in [2.45, 2.75) is 41.9 Å². The molecule has 1 saturated heterocycles. The zero-order valence-corrected chi connectivity index (χ0v) is 17.5. The number of benzene rings is 3. The van der Waals surface area contributed by atoms with Crippen molar-refractivity contribution in [3.8, 4) is 0 Å². The zero-order valence-electron chi connectivity index (χ0n) is 16.7. The van der Waals surface area contributed by atoms with Gasteiger partial charge >= 0.3 is 0 Å². The summed E-state index contributed by atoms with van der Waals surface area (Å²) in [7, 11) is 0. The van der Waals surface area contributed by atoms with E-state index in [2.05, 4.69) is 0 Å². The number of thioether (sulfide) groups is 1. The summed E-state index contributed by atoms with van der Waals surface area (Å²) >= 11 is 1.57. The van der Waals surface area contributed by atoms with Crippen LogP contribution in [0.2, 0.25) is 0 Å². The number of rotatable bonds is 8. The molecular formula is C25H26O4S. The molecule has 0 amide bonds. The van der Waals surface area contributed by atoms with Gasteiger partial charge in [0.05, 0.1) is 19.8 Å². The van der Waals surface area contributed by atoms with Crippen LogP contribution in [-0.2, 0) is 27.4 Å². The molecule has 1 fully saturated rings. The van der Waals surface area contributed by atoms with Crippen LogP contribution in [0, 0.1) is 0 Å². The predicted octanol–water partition coefficient (Wildman–Crippen LogP) is 4.67. The van der Waals surface area contributed by atoms with Gasteiger partial charge in [0.25, 0.3) is 0 Å². The number of hydrogen-bond donors (Lipinski definition) is 1. The molecule has 1 aliphatic rings. The summed E-state index contributed by atoms with van der Waals surface area (Å²) in [6, 6.07) is 29.9. The van der Waals surface area contributed by atoms with Gasteiger partial charge in [-0.05, 0) is 23.3 Å². The van der Waals surface area contributed by atoms with Crippen molar-refractivity contribution in [2.24, 2.45) is 0 Å². The summed E-state index contributed by atoms with van der Waals surface area (Å²) in [5.41, 5.74) is 1.80. The smallest absolute Gasteiger partial charge is 0.136 e. The van der Waals surface area contributed by atoms with Gasteiger partial charge in [-0.25, -0.2) is 0 Å². The minimum atomic E-state index is -0.785. The summed E-state index contributed by atoms with van der Waals surface area (Å²) in [6.07, 6.45) is -1.74. The second kappa shape index (κ2) is 10.8. The minimum absolute atomic E-state index is 0.317. The Balaban J connectivity index is 1.44. The Hall–Kier alpha value is -2.15. The molecule has 3 aromatic rings. The van der Waals surface area contributed by atoms with Crippen molar-refractivity contribution >= 4 is 11.8 Å². The molecule has 0 aliphatic carbocycles. The van der Waals surface area contributed by atoms with E-state index in [1.165, 1.54) is 0 Å². The van der Waals surface area contributed by atoms with Crippen molar-refractivity contribution in [3.63, 3.8) is 0 Å². The molecule has 0 bridgehead atoms. The lowest BCUT2D eigenvalue weighted by Crippen LogP contribution is -2.53. The number of ether oxygens (including phenoxy) is 3. The fourth-order valence-corrected chi connectivity index (χ4v) is 4.46. The predicted molar refractivity (Wildman–Crippen MR) is 118 cm³/mol. The Kier molecular flexibility index (Phi) is 7.56. The highest BCUT2D eigenvalue weighted by molar-refractivity contribution is 7.99. The third-order valence-electron chi connectivity index (χ3n) is 5.00. The second-order valence-electron chi connectivity index (χ2n) is 7.22. The molecule has 3 aromatic carbocycles. The molecule has 4 atom stereocenters. The molecule has 1 heterocycles. The Labute approximate surface area is 181 Å². The lowest BCUT2D eigenvalue weighted by molar-refractivity contribution is -0.201. The number of hydrogen-bond acceptors (Lipinski definition) is 5. The van der Waals surface area contributed by atoms with E-state index in [0.717, 1.165) is 16.0 Å². The van der Waals surface area contributed by atoms with E-state index in [4.69, 9.17) is 14.2 Å². The monoisotopic (exact) mass is 422 g/mol. The first-order chi connectivity index (χ1) is 14.8. The summed E-state index contributed by atoms with van der Waals surface area (Å²) in [5.74, 6) is 0. The lowest BCUT2D eigenvalue weighted by atomic mass is 10.1. The van der Waals surface area contributed by atoms with Gasteiger partial charge in [0.1, 0.15) is 23.7 Å². The van der Waals surface area contributed by atoms with Crippen LogP contribution >= 0.6 is 11.8 Å². The highest BCUT2D eigenvalue weighted by Crippen LogP contribution is 2.33. The molecule has 0 unspecified atom stereocenters. The minimum Gasteiger partial charge on any atom is -0.387 e. The van der Waals surface area contributed by atoms with Gasteiger partial charge in [0, 0.05) is 4.90 Å². The summed E-state index contributed by atoms with van der Waals surface area (Å²) in [4.78, 5) is 1.08. The largest absolute Gasteiger partial charge is 0.387 e. The van der Waals surface area contributed by atoms with Crippen LogP contribution in [0.4, 0.5) is 0 Å². The van der Waals surface area contributed by atoms with E-state index >= 15 is 0 Å². The van der Waals surface area contributed by atoms with Crippen LogP contribution < -0.4 is 0 Å². The Bertz CT molecular complexity index is 875. The van der Waals surface area contributed by atoms with Crippen molar-refractivity contribution < 1.29 is 19.3 Å². The molecular weight excluding hydrogens is 396 g/mol. The standard InChI is InChI=1S/C25H26O4S/c26-23-22(27-16-19-10-4-1-5-11-19)18-29-25(30-21-14-8-3-9-15-21)24(23)28-17-20-12-6-2-7-13-20/h1-15,22-26H,16-18H2/t22-,23+,24-,25+/m1/s1. The van der Waals surface area contributed by atoms with Crippen LogP contribution in [-0.4, -0.2) is 35.5 Å². The first kappa shape index (κ1) is 21.1. The fraction of sp³-hybridized carbons (Fsp3) is 0.280. The molecule has 4 nitrogen and oxygen atoms in total. The third kappa shape index (κ3) is 5.72. The highest BCUT2D eigenvalue weighted by Gasteiger charge is 2.41. The van der Waals surface area contributed by atoms with E-state index in [-0.39, 0.29) is 5.44 Å². The molecule has 156 valence electrons. The zero-order chi connectivity index (χ0) is 20.6. The maximum Gasteiger partial charge on any atom is 0.136 e. The van der Waals surface area contributed by atoms with Gasteiger partial charge in [-0.15, -0.1) is 0 Å². The normalized spacial score (nSPS) is 23.9. The molecule has 1 aliphatic heterocycles. The van der Waals surface area contributed by atoms with E-state index in [0.29, 0.717) is 19.8 Å². The van der Waals surface area contributed by atoms with Gasteiger partial charge in [-0.1, -0.05) is 90.6 Å². The number of aliphatic hydroxyl groups is 1. The van der Waals surface area contributed by atoms with Gasteiger partial charge in [-0.2, -0.15) is 0 Å². The Morgan fingerprint density at radius 1 is 0.767 bits per heavy atom. The molecule has 0 radical (unpaired) electrons. The van der Waals surface area contributed by atoms with Crippen molar-refractivity contribution in [3.05, 3.63) is 102 Å². The van der Waals surface area contributed by atoms with Crippen LogP contribution in [0.15, 0.2) is 95.9 Å². The van der Waals surface area contributed by atoms with E-state index in [1.807, 2.05) is 91.0 Å². The summed E-state index contributed by atoms with van der Waals surface area (Å²) in [6.45, 7) is 1.15. The quantitative estimate of drug-likeness (QED) is 0.572. The maximum absolute atomic E-state index is 11.1. The van der Waals surface area contributed by atoms with Crippen LogP contribution in [0.5, 0.6) is 0 Å². The maximum atomic E-state index is 11.1. The molecule has 30 heavy (non-hydrogen) atoms. The Morgan fingerprint density at radius 3 is 1.90 bits per heavy atom. The van der Waals surface area contributed by atoms with Crippen molar-refractivity contribution in [1.82, 2.24) is 0 Å². The number of aliphatic hydroxyl groups excluding tert-OH is 1. The molecule has 0 spiro atoms. The SMILES string of the molecule is O[C@@H]1[C@@H](OCc2ccccc2)[C@H](Sc2ccccc2)OC[C@H]1OCc1ccccc1. The van der Waals surface area contributed by atoms with Crippen LogP contribution in [0.25, 0.3) is 0 Å². The van der Waals surface area contributed by atoms with Crippen LogP contribution in [0.1, 0.15) is 11.1 Å². The molecule has 0 aromatic heterocycles. The molecule has 5 heteroatoms. The molecule has 1 N–H and O–H groups in total. The second-order valence-corrected chi connectivity index (χ2v) is 8.39.